The zero-order valence-electron chi connectivity index (χ0n) is 18.8. The molecule has 1 unspecified atom stereocenters. The van der Waals surface area contributed by atoms with E-state index in [-0.39, 0.29) is 41.7 Å². The number of imidazole rings is 1. The Balaban J connectivity index is 1.49. The van der Waals surface area contributed by atoms with E-state index in [0.29, 0.717) is 0 Å². The lowest BCUT2D eigenvalue weighted by Gasteiger charge is -2.24. The summed E-state index contributed by atoms with van der Waals surface area (Å²) in [6.45, 7) is 2.40. The lowest BCUT2D eigenvalue weighted by atomic mass is 10.2. The van der Waals surface area contributed by atoms with Crippen LogP contribution in [0.4, 0.5) is 10.3 Å². The van der Waals surface area contributed by atoms with E-state index in [9.17, 15) is 23.7 Å². The lowest BCUT2D eigenvalue weighted by molar-refractivity contribution is -0.118. The van der Waals surface area contributed by atoms with Gasteiger partial charge < -0.3 is 20.1 Å². The monoisotopic (exact) mass is 510 g/mol. The second-order valence-corrected chi connectivity index (χ2v) is 9.70. The highest BCUT2D eigenvalue weighted by atomic mass is 31.2. The summed E-state index contributed by atoms with van der Waals surface area (Å²) < 4.78 is 44.9. The number of carbonyl (C=O) groups is 1. The number of hydrogen-bond donors (Lipinski definition) is 4. The van der Waals surface area contributed by atoms with E-state index < -0.39 is 43.6 Å². The minimum Gasteiger partial charge on any atom is -0.413 e. The van der Waals surface area contributed by atoms with Gasteiger partial charge in [-0.15, -0.1) is 0 Å². The van der Waals surface area contributed by atoms with Gasteiger partial charge in [-0.2, -0.15) is 4.98 Å². The standard InChI is InChI=1S/C20H24FN6O7P/c1-10(11(2)28)26-35(31,34-13-5-3-12(21)4-6-13)32-8-15-14(29)7-16(33-15)27-9-23-17-18(27)24-20(22)25-19(17)30/h3-6,9-10,14-16,29H,7-8H2,1-2H3,(H,26,31)(H3,22,24,25,30)/t10-,14+,15+,16+,35?/m0/s1. The normalized spacial score (nSPS) is 22.7. The number of carbonyl (C=O) groups excluding carboxylic acids is 1. The minimum absolute atomic E-state index is 0.0440. The van der Waals surface area contributed by atoms with Crippen molar-refractivity contribution in [2.24, 2.45) is 0 Å². The van der Waals surface area contributed by atoms with Crippen LogP contribution in [0, 0.1) is 5.82 Å². The number of ketones is 1. The Morgan fingerprint density at radius 2 is 2.17 bits per heavy atom. The van der Waals surface area contributed by atoms with Gasteiger partial charge in [0.25, 0.3) is 5.56 Å². The van der Waals surface area contributed by atoms with Crippen LogP contribution in [-0.2, 0) is 18.6 Å². The second-order valence-electron chi connectivity index (χ2n) is 8.01. The molecule has 5 N–H and O–H groups in total. The Bertz CT molecular complexity index is 1330. The number of nitrogens with two attached hydrogens (primary N) is 1. The van der Waals surface area contributed by atoms with Crippen LogP contribution in [0.1, 0.15) is 26.5 Å². The van der Waals surface area contributed by atoms with Crippen molar-refractivity contribution < 1.29 is 32.6 Å². The van der Waals surface area contributed by atoms with Gasteiger partial charge in [0.2, 0.25) is 5.95 Å². The number of anilines is 1. The van der Waals surface area contributed by atoms with E-state index >= 15 is 0 Å². The molecule has 0 amide bonds. The highest BCUT2D eigenvalue weighted by Crippen LogP contribution is 2.46. The first-order chi connectivity index (χ1) is 16.5. The van der Waals surface area contributed by atoms with E-state index in [0.717, 1.165) is 12.1 Å². The van der Waals surface area contributed by atoms with Crippen LogP contribution in [0.5, 0.6) is 5.75 Å². The predicted octanol–water partition coefficient (Wildman–Crippen LogP) is 1.26. The third-order valence-corrected chi connectivity index (χ3v) is 7.02. The van der Waals surface area contributed by atoms with Crippen LogP contribution in [0.15, 0.2) is 35.4 Å². The maximum absolute atomic E-state index is 13.4. The summed E-state index contributed by atoms with van der Waals surface area (Å²) >= 11 is 0. The summed E-state index contributed by atoms with van der Waals surface area (Å²) in [5, 5.41) is 13.1. The Morgan fingerprint density at radius 3 is 2.86 bits per heavy atom. The largest absolute Gasteiger partial charge is 0.459 e. The molecule has 1 aromatic carbocycles. The van der Waals surface area contributed by atoms with Crippen molar-refractivity contribution in [2.45, 2.75) is 44.7 Å². The van der Waals surface area contributed by atoms with Gasteiger partial charge in [0.15, 0.2) is 11.2 Å². The number of rotatable bonds is 9. The molecule has 0 radical (unpaired) electrons. The Kier molecular flexibility index (Phi) is 7.01. The van der Waals surface area contributed by atoms with Crippen molar-refractivity contribution in [3.63, 3.8) is 0 Å². The zero-order valence-corrected chi connectivity index (χ0v) is 19.6. The number of ether oxygens (including phenoxy) is 1. The molecule has 0 spiro atoms. The molecule has 0 saturated carbocycles. The molecule has 15 heteroatoms. The minimum atomic E-state index is -4.16. The van der Waals surface area contributed by atoms with E-state index in [4.69, 9.17) is 19.5 Å². The fraction of sp³-hybridized carbons (Fsp3) is 0.400. The Morgan fingerprint density at radius 1 is 1.46 bits per heavy atom. The molecule has 1 fully saturated rings. The Hall–Kier alpha value is -3.16. The molecule has 3 heterocycles. The average Bonchev–Trinajstić information content (AvgIpc) is 3.37. The van der Waals surface area contributed by atoms with E-state index in [1.165, 1.54) is 36.9 Å². The fourth-order valence-corrected chi connectivity index (χ4v) is 4.99. The molecule has 0 bridgehead atoms. The number of nitrogens with one attached hydrogen (secondary N) is 2. The summed E-state index contributed by atoms with van der Waals surface area (Å²) in [4.78, 5) is 34.2. The lowest BCUT2D eigenvalue weighted by Crippen LogP contribution is -2.34. The summed E-state index contributed by atoms with van der Waals surface area (Å²) in [6, 6.07) is 3.86. The summed E-state index contributed by atoms with van der Waals surface area (Å²) in [7, 11) is -4.16. The van der Waals surface area contributed by atoms with Gasteiger partial charge in [0.1, 0.15) is 29.7 Å². The van der Waals surface area contributed by atoms with Crippen molar-refractivity contribution in [1.29, 1.82) is 0 Å². The molecule has 0 aliphatic carbocycles. The molecule has 2 aromatic heterocycles. The van der Waals surface area contributed by atoms with Crippen LogP contribution in [-0.4, -0.2) is 55.3 Å². The van der Waals surface area contributed by atoms with Gasteiger partial charge in [0.05, 0.1) is 25.1 Å². The van der Waals surface area contributed by atoms with E-state index in [1.54, 1.807) is 0 Å². The number of nitrogen functional groups attached to an aromatic ring is 1. The van der Waals surface area contributed by atoms with Gasteiger partial charge in [-0.1, -0.05) is 0 Å². The van der Waals surface area contributed by atoms with Crippen molar-refractivity contribution in [3.05, 3.63) is 46.8 Å². The first kappa shape index (κ1) is 24.9. The van der Waals surface area contributed by atoms with Crippen LogP contribution in [0.2, 0.25) is 0 Å². The average molecular weight is 510 g/mol. The fourth-order valence-electron chi connectivity index (χ4n) is 3.41. The quantitative estimate of drug-likeness (QED) is 0.304. The number of aromatic nitrogens is 4. The highest BCUT2D eigenvalue weighted by molar-refractivity contribution is 7.52. The number of hydrogen-bond acceptors (Lipinski definition) is 10. The number of benzene rings is 1. The second kappa shape index (κ2) is 9.84. The number of Topliss-reactive ketones (excluding diaryl/α,β-unsaturated/α-hetero) is 1. The summed E-state index contributed by atoms with van der Waals surface area (Å²) in [6.07, 6.45) is -1.32. The SMILES string of the molecule is CC(=O)[C@H](C)NP(=O)(OC[C@H]1O[C@@H](n2cnc3c(=O)[nH]c(N)nc32)C[C@H]1O)Oc1ccc(F)cc1. The molecule has 35 heavy (non-hydrogen) atoms. The smallest absolute Gasteiger partial charge is 0.413 e. The number of aromatic amines is 1. The molecular formula is C20H24FN6O7P. The predicted molar refractivity (Wildman–Crippen MR) is 121 cm³/mol. The first-order valence-corrected chi connectivity index (χ1v) is 12.1. The number of H-pyrrole nitrogens is 1. The van der Waals surface area contributed by atoms with Crippen LogP contribution in [0.3, 0.4) is 0 Å². The number of fused-ring (bicyclic) bond motifs is 1. The van der Waals surface area contributed by atoms with Gasteiger partial charge >= 0.3 is 7.75 Å². The van der Waals surface area contributed by atoms with Gasteiger partial charge in [-0.25, -0.2) is 19.0 Å². The molecule has 188 valence electrons. The molecular weight excluding hydrogens is 486 g/mol. The van der Waals surface area contributed by atoms with E-state index in [1.807, 2.05) is 0 Å². The molecule has 4 rings (SSSR count). The molecule has 1 saturated heterocycles. The molecule has 1 aliphatic rings. The molecule has 13 nitrogen and oxygen atoms in total. The number of halogens is 1. The maximum Gasteiger partial charge on any atom is 0.459 e. The highest BCUT2D eigenvalue weighted by Gasteiger charge is 2.39. The van der Waals surface area contributed by atoms with Crippen molar-refractivity contribution >= 4 is 30.6 Å². The van der Waals surface area contributed by atoms with E-state index in [2.05, 4.69) is 20.0 Å². The third-order valence-electron chi connectivity index (χ3n) is 5.37. The number of nitrogens with zero attached hydrogens (tertiary/aromatic N) is 3. The topological polar surface area (TPSA) is 184 Å². The van der Waals surface area contributed by atoms with Crippen LogP contribution in [0.25, 0.3) is 11.2 Å². The first-order valence-electron chi connectivity index (χ1n) is 10.6. The third kappa shape index (κ3) is 5.57. The van der Waals surface area contributed by atoms with Crippen molar-refractivity contribution in [3.8, 4) is 5.75 Å². The number of aliphatic hydroxyl groups excluding tert-OH is 1. The van der Waals surface area contributed by atoms with Gasteiger partial charge in [0, 0.05) is 6.42 Å². The summed E-state index contributed by atoms with van der Waals surface area (Å²) in [5.41, 5.74) is 5.33. The number of aliphatic hydroxyl groups is 1. The zero-order chi connectivity index (χ0) is 25.3. The van der Waals surface area contributed by atoms with Gasteiger partial charge in [-0.3, -0.25) is 23.7 Å². The van der Waals surface area contributed by atoms with Gasteiger partial charge in [-0.05, 0) is 38.1 Å². The summed E-state index contributed by atoms with van der Waals surface area (Å²) in [5.74, 6) is -0.894. The van der Waals surface area contributed by atoms with Crippen LogP contribution < -0.4 is 20.9 Å². The maximum atomic E-state index is 13.4. The molecule has 3 aromatic rings. The molecule has 1 aliphatic heterocycles. The Labute approximate surface area is 198 Å². The van der Waals surface area contributed by atoms with Crippen LogP contribution >= 0.6 is 7.75 Å². The molecule has 5 atom stereocenters. The van der Waals surface area contributed by atoms with Crippen molar-refractivity contribution in [2.75, 3.05) is 12.3 Å². The van der Waals surface area contributed by atoms with Crippen molar-refractivity contribution in [1.82, 2.24) is 24.6 Å².